The molecule has 2 unspecified atom stereocenters. The molecule has 5 rings (SSSR count). The Morgan fingerprint density at radius 3 is 2.62 bits per heavy atom. The number of nitrogens with zero attached hydrogens (tertiary/aromatic N) is 6. The minimum absolute atomic E-state index is 0.172. The summed E-state index contributed by atoms with van der Waals surface area (Å²) in [5.74, 6) is -0.397. The van der Waals surface area contributed by atoms with Crippen LogP contribution in [0.3, 0.4) is 0 Å². The molecule has 1 fully saturated rings. The molecule has 4 aromatic rings. The number of hydrogen-bond acceptors (Lipinski definition) is 7. The SMILES string of the molecule is O=C(NC1COCC1n1nc(-c2ccncc2)ccc1=O)c1cnn(-c2ccccc2)n1. The number of hydrogen-bond donors (Lipinski definition) is 1. The van der Waals surface area contributed by atoms with E-state index in [-0.39, 0.29) is 24.5 Å². The monoisotopic (exact) mass is 429 g/mol. The van der Waals surface area contributed by atoms with E-state index in [1.54, 1.807) is 18.5 Å². The number of aromatic nitrogens is 6. The van der Waals surface area contributed by atoms with Crippen LogP contribution < -0.4 is 10.9 Å². The number of amides is 1. The molecule has 1 N–H and O–H groups in total. The molecule has 1 aromatic carbocycles. The standard InChI is InChI=1S/C22H19N7O3/c30-21-7-6-17(15-8-10-23-11-9-15)26-28(21)20-14-32-13-19(20)25-22(31)18-12-24-29(27-18)16-4-2-1-3-5-16/h1-12,19-20H,13-14H2,(H,25,31). The predicted molar refractivity (Wildman–Crippen MR) is 114 cm³/mol. The number of rotatable bonds is 5. The zero-order chi connectivity index (χ0) is 21.9. The first-order valence-corrected chi connectivity index (χ1v) is 10.1. The van der Waals surface area contributed by atoms with E-state index < -0.39 is 18.0 Å². The van der Waals surface area contributed by atoms with Gasteiger partial charge in [0.1, 0.15) is 6.04 Å². The van der Waals surface area contributed by atoms with E-state index in [0.29, 0.717) is 5.69 Å². The van der Waals surface area contributed by atoms with Gasteiger partial charge in [-0.15, -0.1) is 5.10 Å². The summed E-state index contributed by atoms with van der Waals surface area (Å²) in [6.07, 6.45) is 4.73. The molecule has 0 bridgehead atoms. The molecule has 10 nitrogen and oxygen atoms in total. The molecule has 0 saturated carbocycles. The van der Waals surface area contributed by atoms with Crippen molar-refractivity contribution < 1.29 is 9.53 Å². The molecule has 0 spiro atoms. The van der Waals surface area contributed by atoms with Gasteiger partial charge in [-0.25, -0.2) is 4.68 Å². The lowest BCUT2D eigenvalue weighted by Crippen LogP contribution is -2.44. The van der Waals surface area contributed by atoms with Crippen molar-refractivity contribution >= 4 is 5.91 Å². The summed E-state index contributed by atoms with van der Waals surface area (Å²) in [7, 11) is 0. The molecular weight excluding hydrogens is 410 g/mol. The number of para-hydroxylation sites is 1. The molecule has 1 aliphatic rings. The third-order valence-corrected chi connectivity index (χ3v) is 5.19. The summed E-state index contributed by atoms with van der Waals surface area (Å²) < 4.78 is 6.94. The molecule has 0 aliphatic carbocycles. The van der Waals surface area contributed by atoms with Gasteiger partial charge in [0, 0.05) is 24.0 Å². The maximum atomic E-state index is 12.8. The fourth-order valence-electron chi connectivity index (χ4n) is 3.56. The number of carbonyl (C=O) groups is 1. The van der Waals surface area contributed by atoms with Crippen molar-refractivity contribution in [1.82, 2.24) is 35.1 Å². The molecule has 0 radical (unpaired) electrons. The number of nitrogens with one attached hydrogen (secondary N) is 1. The van der Waals surface area contributed by atoms with Gasteiger partial charge in [-0.3, -0.25) is 14.6 Å². The summed E-state index contributed by atoms with van der Waals surface area (Å²) in [5.41, 5.74) is 2.12. The van der Waals surface area contributed by atoms with Crippen LogP contribution in [-0.2, 0) is 4.74 Å². The summed E-state index contributed by atoms with van der Waals surface area (Å²) >= 11 is 0. The van der Waals surface area contributed by atoms with Crippen molar-refractivity contribution in [2.45, 2.75) is 12.1 Å². The van der Waals surface area contributed by atoms with E-state index in [1.807, 2.05) is 42.5 Å². The quantitative estimate of drug-likeness (QED) is 0.507. The van der Waals surface area contributed by atoms with Crippen LogP contribution in [0, 0.1) is 0 Å². The van der Waals surface area contributed by atoms with E-state index in [0.717, 1.165) is 11.3 Å². The number of ether oxygens (including phenoxy) is 1. The Balaban J connectivity index is 1.36. The zero-order valence-corrected chi connectivity index (χ0v) is 16.9. The second-order valence-electron chi connectivity index (χ2n) is 7.28. The van der Waals surface area contributed by atoms with Crippen LogP contribution >= 0.6 is 0 Å². The van der Waals surface area contributed by atoms with E-state index in [1.165, 1.54) is 21.7 Å². The van der Waals surface area contributed by atoms with Crippen LogP contribution in [0.4, 0.5) is 0 Å². The first kappa shape index (κ1) is 19.8. The minimum Gasteiger partial charge on any atom is -0.377 e. The largest absolute Gasteiger partial charge is 0.377 e. The Kier molecular flexibility index (Phi) is 5.26. The highest BCUT2D eigenvalue weighted by Crippen LogP contribution is 2.20. The van der Waals surface area contributed by atoms with Crippen LogP contribution in [0.15, 0.2) is 78.0 Å². The fraction of sp³-hybridized carbons (Fsp3) is 0.182. The second-order valence-corrected chi connectivity index (χ2v) is 7.28. The molecule has 32 heavy (non-hydrogen) atoms. The summed E-state index contributed by atoms with van der Waals surface area (Å²) in [5, 5.41) is 15.8. The molecule has 1 aliphatic heterocycles. The highest BCUT2D eigenvalue weighted by Gasteiger charge is 2.33. The predicted octanol–water partition coefficient (Wildman–Crippen LogP) is 1.26. The normalized spacial score (nSPS) is 17.9. The Morgan fingerprint density at radius 1 is 1.00 bits per heavy atom. The van der Waals surface area contributed by atoms with Crippen LogP contribution in [0.5, 0.6) is 0 Å². The highest BCUT2D eigenvalue weighted by molar-refractivity contribution is 5.92. The number of carbonyl (C=O) groups excluding carboxylic acids is 1. The van der Waals surface area contributed by atoms with Crippen LogP contribution in [-0.4, -0.2) is 54.9 Å². The lowest BCUT2D eigenvalue weighted by molar-refractivity contribution is 0.0919. The Morgan fingerprint density at radius 2 is 1.81 bits per heavy atom. The summed E-state index contributed by atoms with van der Waals surface area (Å²) in [6, 6.07) is 15.2. The fourth-order valence-corrected chi connectivity index (χ4v) is 3.56. The molecule has 3 aromatic heterocycles. The molecule has 10 heteroatoms. The number of benzene rings is 1. The van der Waals surface area contributed by atoms with Crippen molar-refractivity contribution in [1.29, 1.82) is 0 Å². The average Bonchev–Trinajstić information content (AvgIpc) is 3.51. The van der Waals surface area contributed by atoms with Crippen molar-refractivity contribution in [2.75, 3.05) is 13.2 Å². The molecule has 2 atom stereocenters. The molecule has 1 saturated heterocycles. The molecule has 160 valence electrons. The van der Waals surface area contributed by atoms with Crippen molar-refractivity contribution in [3.63, 3.8) is 0 Å². The van der Waals surface area contributed by atoms with Crippen LogP contribution in [0.25, 0.3) is 16.9 Å². The van der Waals surface area contributed by atoms with Gasteiger partial charge in [0.25, 0.3) is 11.5 Å². The van der Waals surface area contributed by atoms with Gasteiger partial charge < -0.3 is 10.1 Å². The number of pyridine rings is 1. The van der Waals surface area contributed by atoms with Gasteiger partial charge in [-0.1, -0.05) is 18.2 Å². The van der Waals surface area contributed by atoms with E-state index in [9.17, 15) is 9.59 Å². The van der Waals surface area contributed by atoms with Crippen molar-refractivity contribution in [3.05, 3.63) is 89.2 Å². The van der Waals surface area contributed by atoms with Gasteiger partial charge in [0.2, 0.25) is 0 Å². The maximum Gasteiger partial charge on any atom is 0.273 e. The van der Waals surface area contributed by atoms with Crippen molar-refractivity contribution in [2.24, 2.45) is 0 Å². The van der Waals surface area contributed by atoms with Gasteiger partial charge in [-0.05, 0) is 30.3 Å². The topological polar surface area (TPSA) is 117 Å². The first-order valence-electron chi connectivity index (χ1n) is 10.1. The van der Waals surface area contributed by atoms with Gasteiger partial charge in [-0.2, -0.15) is 15.0 Å². The van der Waals surface area contributed by atoms with E-state index >= 15 is 0 Å². The van der Waals surface area contributed by atoms with Gasteiger partial charge >= 0.3 is 0 Å². The third kappa shape index (κ3) is 3.91. The van der Waals surface area contributed by atoms with Crippen LogP contribution in [0.2, 0.25) is 0 Å². The molecule has 4 heterocycles. The summed E-state index contributed by atoms with van der Waals surface area (Å²) in [6.45, 7) is 0.519. The Hall–Kier alpha value is -4.18. The Bertz CT molecular complexity index is 1290. The molecular formula is C22H19N7O3. The first-order chi connectivity index (χ1) is 15.7. The zero-order valence-electron chi connectivity index (χ0n) is 16.9. The van der Waals surface area contributed by atoms with Gasteiger partial charge in [0.05, 0.1) is 36.8 Å². The Labute approximate surface area is 182 Å². The molecule has 1 amide bonds. The maximum absolute atomic E-state index is 12.8. The second kappa shape index (κ2) is 8.52. The van der Waals surface area contributed by atoms with Gasteiger partial charge in [0.15, 0.2) is 5.69 Å². The minimum atomic E-state index is -0.447. The third-order valence-electron chi connectivity index (χ3n) is 5.19. The van der Waals surface area contributed by atoms with Crippen LogP contribution in [0.1, 0.15) is 16.5 Å². The lowest BCUT2D eigenvalue weighted by atomic mass is 10.1. The smallest absolute Gasteiger partial charge is 0.273 e. The van der Waals surface area contributed by atoms with E-state index in [4.69, 9.17) is 4.74 Å². The van der Waals surface area contributed by atoms with Crippen molar-refractivity contribution in [3.8, 4) is 16.9 Å². The lowest BCUT2D eigenvalue weighted by Gasteiger charge is -2.20. The highest BCUT2D eigenvalue weighted by atomic mass is 16.5. The van der Waals surface area contributed by atoms with E-state index in [2.05, 4.69) is 25.6 Å². The average molecular weight is 429 g/mol. The summed E-state index contributed by atoms with van der Waals surface area (Å²) in [4.78, 5) is 30.7.